The summed E-state index contributed by atoms with van der Waals surface area (Å²) in [5.41, 5.74) is 6.58. The van der Waals surface area contributed by atoms with Crippen molar-refractivity contribution in [1.82, 2.24) is 10.3 Å². The number of hydrogen-bond donors (Lipinski definition) is 2. The molecule has 1 saturated heterocycles. The Balaban J connectivity index is 2.14. The molecule has 2 atom stereocenters. The molecule has 0 amide bonds. The standard InChI is InChI=1S/C11H16FN3/c1-11(7-13)3-2-10(15-11)8-4-9(12)6-14-5-8/h4-6,10,15H,2-3,7,13H2,1H3. The van der Waals surface area contributed by atoms with Gasteiger partial charge in [0.15, 0.2) is 0 Å². The first-order valence-electron chi connectivity index (χ1n) is 5.21. The minimum atomic E-state index is -0.282. The van der Waals surface area contributed by atoms with Crippen LogP contribution in [0.1, 0.15) is 31.4 Å². The van der Waals surface area contributed by atoms with E-state index >= 15 is 0 Å². The Morgan fingerprint density at radius 3 is 3.07 bits per heavy atom. The van der Waals surface area contributed by atoms with E-state index in [2.05, 4.69) is 17.2 Å². The molecule has 0 bridgehead atoms. The first kappa shape index (κ1) is 10.5. The maximum atomic E-state index is 13.0. The van der Waals surface area contributed by atoms with Gasteiger partial charge in [0.05, 0.1) is 6.20 Å². The SMILES string of the molecule is CC1(CN)CCC(c2cncc(F)c2)N1. The van der Waals surface area contributed by atoms with Crippen molar-refractivity contribution in [2.75, 3.05) is 6.54 Å². The van der Waals surface area contributed by atoms with Crippen molar-refractivity contribution < 1.29 is 4.39 Å². The summed E-state index contributed by atoms with van der Waals surface area (Å²) in [6.45, 7) is 2.70. The zero-order valence-electron chi connectivity index (χ0n) is 8.83. The van der Waals surface area contributed by atoms with Crippen LogP contribution in [-0.2, 0) is 0 Å². The third-order valence-corrected chi connectivity index (χ3v) is 3.09. The van der Waals surface area contributed by atoms with E-state index < -0.39 is 0 Å². The highest BCUT2D eigenvalue weighted by Gasteiger charge is 2.33. The molecular formula is C11H16FN3. The van der Waals surface area contributed by atoms with E-state index in [1.54, 1.807) is 6.20 Å². The van der Waals surface area contributed by atoms with Gasteiger partial charge in [-0.2, -0.15) is 0 Å². The van der Waals surface area contributed by atoms with Crippen molar-refractivity contribution in [3.8, 4) is 0 Å². The van der Waals surface area contributed by atoms with Gasteiger partial charge in [-0.15, -0.1) is 0 Å². The van der Waals surface area contributed by atoms with Crippen LogP contribution in [0.2, 0.25) is 0 Å². The summed E-state index contributed by atoms with van der Waals surface area (Å²) in [5.74, 6) is -0.282. The Hall–Kier alpha value is -1.00. The van der Waals surface area contributed by atoms with Crippen LogP contribution in [0.5, 0.6) is 0 Å². The van der Waals surface area contributed by atoms with E-state index in [9.17, 15) is 4.39 Å². The lowest BCUT2D eigenvalue weighted by molar-refractivity contribution is 0.403. The van der Waals surface area contributed by atoms with Gasteiger partial charge >= 0.3 is 0 Å². The molecule has 2 rings (SSSR count). The molecule has 1 fully saturated rings. The molecule has 2 heterocycles. The molecule has 1 aliphatic rings. The highest BCUT2D eigenvalue weighted by molar-refractivity contribution is 5.18. The van der Waals surface area contributed by atoms with Crippen molar-refractivity contribution >= 4 is 0 Å². The summed E-state index contributed by atoms with van der Waals surface area (Å²) in [5, 5.41) is 3.43. The number of halogens is 1. The lowest BCUT2D eigenvalue weighted by Gasteiger charge is -2.23. The van der Waals surface area contributed by atoms with E-state index in [0.29, 0.717) is 6.54 Å². The topological polar surface area (TPSA) is 50.9 Å². The summed E-state index contributed by atoms with van der Waals surface area (Å²) in [4.78, 5) is 3.86. The lowest BCUT2D eigenvalue weighted by atomic mass is 10.0. The normalized spacial score (nSPS) is 30.7. The molecule has 1 aromatic rings. The number of nitrogens with two attached hydrogens (primary N) is 1. The lowest BCUT2D eigenvalue weighted by Crippen LogP contribution is -2.44. The molecule has 2 unspecified atom stereocenters. The van der Waals surface area contributed by atoms with Crippen molar-refractivity contribution in [3.05, 3.63) is 29.8 Å². The first-order chi connectivity index (χ1) is 7.13. The van der Waals surface area contributed by atoms with Crippen molar-refractivity contribution in [2.45, 2.75) is 31.3 Å². The minimum absolute atomic E-state index is 0.0169. The highest BCUT2D eigenvalue weighted by atomic mass is 19.1. The number of hydrogen-bond acceptors (Lipinski definition) is 3. The van der Waals surface area contributed by atoms with Crippen LogP contribution < -0.4 is 11.1 Å². The highest BCUT2D eigenvalue weighted by Crippen LogP contribution is 2.31. The molecule has 3 nitrogen and oxygen atoms in total. The largest absolute Gasteiger partial charge is 0.329 e. The fraction of sp³-hybridized carbons (Fsp3) is 0.545. The molecule has 0 aromatic carbocycles. The predicted octanol–water partition coefficient (Wildman–Crippen LogP) is 1.36. The molecule has 4 heteroatoms. The van der Waals surface area contributed by atoms with E-state index in [-0.39, 0.29) is 17.4 Å². The van der Waals surface area contributed by atoms with E-state index in [4.69, 9.17) is 5.73 Å². The summed E-state index contributed by atoms with van der Waals surface area (Å²) in [7, 11) is 0. The van der Waals surface area contributed by atoms with E-state index in [1.807, 2.05) is 0 Å². The Bertz CT molecular complexity index is 355. The van der Waals surface area contributed by atoms with Crippen LogP contribution in [0.15, 0.2) is 18.5 Å². The third-order valence-electron chi connectivity index (χ3n) is 3.09. The second-order valence-corrected chi connectivity index (χ2v) is 4.44. The quantitative estimate of drug-likeness (QED) is 0.773. The number of rotatable bonds is 2. The maximum Gasteiger partial charge on any atom is 0.141 e. The summed E-state index contributed by atoms with van der Waals surface area (Å²) in [6.07, 6.45) is 4.94. The number of nitrogens with one attached hydrogen (secondary N) is 1. The van der Waals surface area contributed by atoms with Crippen molar-refractivity contribution in [3.63, 3.8) is 0 Å². The van der Waals surface area contributed by atoms with Gasteiger partial charge < -0.3 is 11.1 Å². The Morgan fingerprint density at radius 1 is 1.67 bits per heavy atom. The first-order valence-corrected chi connectivity index (χ1v) is 5.21. The maximum absolute atomic E-state index is 13.0. The fourth-order valence-electron chi connectivity index (χ4n) is 2.06. The summed E-state index contributed by atoms with van der Waals surface area (Å²) >= 11 is 0. The molecule has 0 aliphatic carbocycles. The van der Waals surface area contributed by atoms with Crippen LogP contribution in [-0.4, -0.2) is 17.1 Å². The fourth-order valence-corrected chi connectivity index (χ4v) is 2.06. The van der Waals surface area contributed by atoms with E-state index in [1.165, 1.54) is 12.3 Å². The van der Waals surface area contributed by atoms with Crippen LogP contribution in [0.25, 0.3) is 0 Å². The predicted molar refractivity (Wildman–Crippen MR) is 56.8 cm³/mol. The number of nitrogens with zero attached hydrogens (tertiary/aromatic N) is 1. The van der Waals surface area contributed by atoms with E-state index in [0.717, 1.165) is 18.4 Å². The van der Waals surface area contributed by atoms with Gasteiger partial charge in [-0.1, -0.05) is 0 Å². The second kappa shape index (κ2) is 3.87. The van der Waals surface area contributed by atoms with Crippen molar-refractivity contribution in [1.29, 1.82) is 0 Å². The monoisotopic (exact) mass is 209 g/mol. The summed E-state index contributed by atoms with van der Waals surface area (Å²) < 4.78 is 13.0. The number of pyridine rings is 1. The smallest absolute Gasteiger partial charge is 0.141 e. The third kappa shape index (κ3) is 2.16. The van der Waals surface area contributed by atoms with Crippen LogP contribution in [0, 0.1) is 5.82 Å². The van der Waals surface area contributed by atoms with Gasteiger partial charge in [-0.25, -0.2) is 4.39 Å². The minimum Gasteiger partial charge on any atom is -0.329 e. The van der Waals surface area contributed by atoms with Crippen molar-refractivity contribution in [2.24, 2.45) is 5.73 Å². The molecular weight excluding hydrogens is 193 g/mol. The Kier molecular flexibility index (Phi) is 2.71. The Morgan fingerprint density at radius 2 is 2.47 bits per heavy atom. The molecule has 1 aromatic heterocycles. The molecule has 0 radical (unpaired) electrons. The van der Waals surface area contributed by atoms with Gasteiger partial charge in [-0.3, -0.25) is 4.98 Å². The van der Waals surface area contributed by atoms with Gasteiger partial charge in [0.1, 0.15) is 5.82 Å². The van der Waals surface area contributed by atoms with Crippen LogP contribution in [0.4, 0.5) is 4.39 Å². The second-order valence-electron chi connectivity index (χ2n) is 4.44. The molecule has 82 valence electrons. The zero-order chi connectivity index (χ0) is 10.9. The Labute approximate surface area is 88.9 Å². The molecule has 0 spiro atoms. The zero-order valence-corrected chi connectivity index (χ0v) is 8.83. The summed E-state index contributed by atoms with van der Waals surface area (Å²) in [6, 6.07) is 1.72. The average Bonchev–Trinajstić information content (AvgIpc) is 2.62. The number of aromatic nitrogens is 1. The van der Waals surface area contributed by atoms with Crippen LogP contribution in [0.3, 0.4) is 0 Å². The van der Waals surface area contributed by atoms with Gasteiger partial charge in [-0.05, 0) is 31.4 Å². The van der Waals surface area contributed by atoms with Gasteiger partial charge in [0.2, 0.25) is 0 Å². The molecule has 1 aliphatic heterocycles. The molecule has 0 saturated carbocycles. The van der Waals surface area contributed by atoms with Gasteiger partial charge in [0, 0.05) is 24.3 Å². The molecule has 3 N–H and O–H groups in total. The molecule has 15 heavy (non-hydrogen) atoms. The van der Waals surface area contributed by atoms with Crippen LogP contribution >= 0.6 is 0 Å². The van der Waals surface area contributed by atoms with Gasteiger partial charge in [0.25, 0.3) is 0 Å². The average molecular weight is 209 g/mol.